The quantitative estimate of drug-likeness (QED) is 0.637. The van der Waals surface area contributed by atoms with E-state index in [0.29, 0.717) is 11.8 Å². The number of rotatable bonds is 0. The van der Waals surface area contributed by atoms with Crippen LogP contribution in [0.15, 0.2) is 35.9 Å². The highest BCUT2D eigenvalue weighted by Crippen LogP contribution is 2.54. The number of amides is 1. The van der Waals surface area contributed by atoms with Gasteiger partial charge in [-0.1, -0.05) is 30.3 Å². The van der Waals surface area contributed by atoms with Gasteiger partial charge in [0.25, 0.3) is 0 Å². The van der Waals surface area contributed by atoms with Crippen LogP contribution >= 0.6 is 0 Å². The molecular formula is C16H17NO. The third kappa shape index (κ3) is 1.11. The first kappa shape index (κ1) is 10.4. The van der Waals surface area contributed by atoms with Gasteiger partial charge in [0.1, 0.15) is 0 Å². The Labute approximate surface area is 107 Å². The molecule has 0 aromatic heterocycles. The van der Waals surface area contributed by atoms with Crippen molar-refractivity contribution in [3.63, 3.8) is 0 Å². The van der Waals surface area contributed by atoms with Crippen molar-refractivity contribution in [3.8, 4) is 0 Å². The normalized spacial score (nSPS) is 32.9. The Morgan fingerprint density at radius 1 is 1.33 bits per heavy atom. The number of carbonyl (C=O) groups excluding carboxylic acids is 1. The summed E-state index contributed by atoms with van der Waals surface area (Å²) in [7, 11) is 1.94. The maximum Gasteiger partial charge on any atom is 0.233 e. The van der Waals surface area contributed by atoms with E-state index in [2.05, 4.69) is 30.3 Å². The minimum Gasteiger partial charge on any atom is -0.341 e. The van der Waals surface area contributed by atoms with Gasteiger partial charge in [0.05, 0.1) is 5.41 Å². The molecule has 18 heavy (non-hydrogen) atoms. The van der Waals surface area contributed by atoms with E-state index in [9.17, 15) is 4.79 Å². The van der Waals surface area contributed by atoms with Gasteiger partial charge in [-0.05, 0) is 41.9 Å². The highest BCUT2D eigenvalue weighted by atomic mass is 16.2. The number of carbonyl (C=O) groups is 1. The van der Waals surface area contributed by atoms with Crippen molar-refractivity contribution in [3.05, 3.63) is 47.0 Å². The summed E-state index contributed by atoms with van der Waals surface area (Å²) in [6.45, 7) is 0.841. The van der Waals surface area contributed by atoms with Crippen LogP contribution in [0.25, 0.3) is 0 Å². The topological polar surface area (TPSA) is 20.3 Å². The van der Waals surface area contributed by atoms with Crippen molar-refractivity contribution in [1.29, 1.82) is 0 Å². The minimum absolute atomic E-state index is 0.188. The lowest BCUT2D eigenvalue weighted by atomic mass is 9.60. The summed E-state index contributed by atoms with van der Waals surface area (Å²) in [5.74, 6) is 0.891. The summed E-state index contributed by atoms with van der Waals surface area (Å²) < 4.78 is 0. The molecule has 2 nitrogen and oxygen atoms in total. The van der Waals surface area contributed by atoms with Crippen molar-refractivity contribution >= 4 is 5.91 Å². The van der Waals surface area contributed by atoms with E-state index in [1.165, 1.54) is 16.7 Å². The first-order valence-electron chi connectivity index (χ1n) is 6.73. The molecule has 1 aromatic rings. The van der Waals surface area contributed by atoms with Gasteiger partial charge in [-0.25, -0.2) is 0 Å². The molecule has 1 saturated heterocycles. The van der Waals surface area contributed by atoms with Crippen molar-refractivity contribution in [2.24, 2.45) is 5.41 Å². The number of nitrogens with zero attached hydrogens (tertiary/aromatic N) is 1. The number of hydrogen-bond acceptors (Lipinski definition) is 1. The lowest BCUT2D eigenvalue weighted by Gasteiger charge is -2.41. The molecule has 0 radical (unpaired) electrons. The van der Waals surface area contributed by atoms with Crippen molar-refractivity contribution in [2.75, 3.05) is 13.6 Å². The average molecular weight is 239 g/mol. The van der Waals surface area contributed by atoms with E-state index in [1.54, 1.807) is 0 Å². The van der Waals surface area contributed by atoms with Crippen LogP contribution in [0, 0.1) is 5.41 Å². The summed E-state index contributed by atoms with van der Waals surface area (Å²) in [5, 5.41) is 0. The van der Waals surface area contributed by atoms with E-state index in [4.69, 9.17) is 0 Å². The molecule has 0 unspecified atom stereocenters. The fourth-order valence-corrected chi connectivity index (χ4v) is 4.16. The molecule has 1 spiro atoms. The second-order valence-electron chi connectivity index (χ2n) is 5.99. The molecule has 1 fully saturated rings. The van der Waals surface area contributed by atoms with Gasteiger partial charge in [0.2, 0.25) is 5.91 Å². The van der Waals surface area contributed by atoms with Crippen molar-refractivity contribution in [2.45, 2.75) is 25.2 Å². The van der Waals surface area contributed by atoms with Crippen LogP contribution in [0.3, 0.4) is 0 Å². The molecule has 2 bridgehead atoms. The standard InChI is InChI=1S/C16H17NO/c1-17-10-13-7-6-12-9-16(13,15(17)18)8-11-4-2-3-5-14(11)12/h2-5,7,12H,6,8-10H2,1H3/t12-,16+/m1/s1. The summed E-state index contributed by atoms with van der Waals surface area (Å²) in [6.07, 6.45) is 5.38. The zero-order valence-electron chi connectivity index (χ0n) is 10.6. The molecule has 0 saturated carbocycles. The fraction of sp³-hybridized carbons (Fsp3) is 0.438. The first-order chi connectivity index (χ1) is 8.71. The molecule has 1 amide bonds. The number of likely N-dealkylation sites (N-methyl/N-ethyl adjacent to an activating group) is 1. The smallest absolute Gasteiger partial charge is 0.233 e. The fourth-order valence-electron chi connectivity index (χ4n) is 4.16. The molecule has 1 aliphatic heterocycles. The molecule has 92 valence electrons. The lowest BCUT2D eigenvalue weighted by Crippen LogP contribution is -2.40. The molecule has 2 atom stereocenters. The Kier molecular flexibility index (Phi) is 1.87. The average Bonchev–Trinajstić information content (AvgIpc) is 2.62. The Balaban J connectivity index is 1.90. The molecule has 2 heteroatoms. The summed E-state index contributed by atoms with van der Waals surface area (Å²) in [4.78, 5) is 14.5. The van der Waals surface area contributed by atoms with E-state index >= 15 is 0 Å². The van der Waals surface area contributed by atoms with E-state index in [1.807, 2.05) is 11.9 Å². The number of likely N-dealkylation sites (tertiary alicyclic amines) is 1. The Hall–Kier alpha value is -1.57. The molecule has 3 aliphatic rings. The van der Waals surface area contributed by atoms with E-state index in [0.717, 1.165) is 25.8 Å². The van der Waals surface area contributed by atoms with Gasteiger partial charge in [-0.15, -0.1) is 0 Å². The van der Waals surface area contributed by atoms with Crippen LogP contribution < -0.4 is 0 Å². The predicted octanol–water partition coefficient (Wildman–Crippen LogP) is 2.50. The van der Waals surface area contributed by atoms with E-state index < -0.39 is 0 Å². The zero-order chi connectivity index (χ0) is 12.3. The van der Waals surface area contributed by atoms with Gasteiger partial charge in [0, 0.05) is 13.6 Å². The van der Waals surface area contributed by atoms with Crippen molar-refractivity contribution in [1.82, 2.24) is 4.90 Å². The number of allylic oxidation sites excluding steroid dienone is 1. The largest absolute Gasteiger partial charge is 0.341 e. The second-order valence-corrected chi connectivity index (χ2v) is 5.99. The third-order valence-corrected chi connectivity index (χ3v) is 5.01. The Morgan fingerprint density at radius 2 is 2.17 bits per heavy atom. The van der Waals surface area contributed by atoms with Crippen LogP contribution in [-0.2, 0) is 11.2 Å². The van der Waals surface area contributed by atoms with Gasteiger partial charge >= 0.3 is 0 Å². The summed E-state index contributed by atoms with van der Waals surface area (Å²) in [5.41, 5.74) is 4.05. The van der Waals surface area contributed by atoms with Crippen LogP contribution in [0.4, 0.5) is 0 Å². The van der Waals surface area contributed by atoms with E-state index in [-0.39, 0.29) is 5.41 Å². The zero-order valence-corrected chi connectivity index (χ0v) is 10.6. The van der Waals surface area contributed by atoms with Crippen LogP contribution in [0.5, 0.6) is 0 Å². The Bertz CT molecular complexity index is 574. The monoisotopic (exact) mass is 239 g/mol. The molecule has 1 heterocycles. The molecule has 4 rings (SSSR count). The van der Waals surface area contributed by atoms with Crippen LogP contribution in [0.2, 0.25) is 0 Å². The highest BCUT2D eigenvalue weighted by molar-refractivity contribution is 5.90. The summed E-state index contributed by atoms with van der Waals surface area (Å²) in [6, 6.07) is 8.67. The van der Waals surface area contributed by atoms with Crippen molar-refractivity contribution < 1.29 is 4.79 Å². The molecular weight excluding hydrogens is 222 g/mol. The number of fused-ring (bicyclic) bond motifs is 3. The van der Waals surface area contributed by atoms with Gasteiger partial charge in [0.15, 0.2) is 0 Å². The van der Waals surface area contributed by atoms with Crippen LogP contribution in [-0.4, -0.2) is 24.4 Å². The number of benzene rings is 1. The maximum absolute atomic E-state index is 12.6. The van der Waals surface area contributed by atoms with Gasteiger partial charge in [-0.3, -0.25) is 4.79 Å². The number of hydrogen-bond donors (Lipinski definition) is 0. The SMILES string of the molecule is CN1CC2=CC[C@@H]3C[C@]2(Cc2ccccc23)C1=O. The molecule has 2 aliphatic carbocycles. The minimum atomic E-state index is -0.188. The Morgan fingerprint density at radius 3 is 3.06 bits per heavy atom. The lowest BCUT2D eigenvalue weighted by molar-refractivity contribution is -0.135. The first-order valence-corrected chi connectivity index (χ1v) is 6.73. The second kappa shape index (κ2) is 3.25. The van der Waals surface area contributed by atoms with Gasteiger partial charge in [-0.2, -0.15) is 0 Å². The maximum atomic E-state index is 12.6. The highest BCUT2D eigenvalue weighted by Gasteiger charge is 2.54. The third-order valence-electron chi connectivity index (χ3n) is 5.01. The predicted molar refractivity (Wildman–Crippen MR) is 70.3 cm³/mol. The van der Waals surface area contributed by atoms with Crippen LogP contribution in [0.1, 0.15) is 29.9 Å². The molecule has 0 N–H and O–H groups in total. The molecule has 1 aromatic carbocycles. The summed E-state index contributed by atoms with van der Waals surface area (Å²) >= 11 is 0. The van der Waals surface area contributed by atoms with Gasteiger partial charge < -0.3 is 4.90 Å².